The SMILES string of the molecule is CC(C)c1cnc(-c2ccc(NC(=O)NC(C)C(C)C)cc2)o1. The molecule has 1 unspecified atom stereocenters. The zero-order valence-corrected chi connectivity index (χ0v) is 14.4. The van der Waals surface area contributed by atoms with Crippen molar-refractivity contribution in [2.45, 2.75) is 46.6 Å². The number of amides is 2. The number of aromatic nitrogens is 1. The molecule has 23 heavy (non-hydrogen) atoms. The van der Waals surface area contributed by atoms with Gasteiger partial charge in [0.05, 0.1) is 6.20 Å². The summed E-state index contributed by atoms with van der Waals surface area (Å²) in [5.41, 5.74) is 1.62. The van der Waals surface area contributed by atoms with Crippen LogP contribution in [-0.2, 0) is 0 Å². The summed E-state index contributed by atoms with van der Waals surface area (Å²) in [6, 6.07) is 7.38. The Bertz CT molecular complexity index is 645. The van der Waals surface area contributed by atoms with Crippen LogP contribution >= 0.6 is 0 Å². The number of rotatable bonds is 5. The first-order valence-electron chi connectivity index (χ1n) is 8.00. The predicted molar refractivity (Wildman–Crippen MR) is 92.5 cm³/mol. The molecule has 5 heteroatoms. The molecule has 0 fully saturated rings. The molecule has 0 aliphatic rings. The van der Waals surface area contributed by atoms with Gasteiger partial charge in [0.1, 0.15) is 5.76 Å². The highest BCUT2D eigenvalue weighted by molar-refractivity contribution is 5.89. The number of benzene rings is 1. The Hall–Kier alpha value is -2.30. The zero-order chi connectivity index (χ0) is 17.0. The van der Waals surface area contributed by atoms with E-state index in [9.17, 15) is 4.79 Å². The number of oxazole rings is 1. The fourth-order valence-electron chi connectivity index (χ4n) is 1.92. The molecule has 1 atom stereocenters. The van der Waals surface area contributed by atoms with Crippen molar-refractivity contribution in [3.63, 3.8) is 0 Å². The molecular weight excluding hydrogens is 290 g/mol. The fourth-order valence-corrected chi connectivity index (χ4v) is 1.92. The molecule has 0 saturated heterocycles. The number of hydrogen-bond donors (Lipinski definition) is 2. The lowest BCUT2D eigenvalue weighted by molar-refractivity contribution is 0.246. The molecule has 2 amide bonds. The fraction of sp³-hybridized carbons (Fsp3) is 0.444. The number of nitrogens with one attached hydrogen (secondary N) is 2. The molecule has 124 valence electrons. The van der Waals surface area contributed by atoms with E-state index in [-0.39, 0.29) is 12.1 Å². The van der Waals surface area contributed by atoms with Crippen molar-refractivity contribution in [2.24, 2.45) is 5.92 Å². The summed E-state index contributed by atoms with van der Waals surface area (Å²) in [5.74, 6) is 2.16. The number of nitrogens with zero attached hydrogens (tertiary/aromatic N) is 1. The molecule has 2 rings (SSSR count). The Balaban J connectivity index is 2.00. The van der Waals surface area contributed by atoms with E-state index in [1.165, 1.54) is 0 Å². The molecule has 1 aromatic heterocycles. The largest absolute Gasteiger partial charge is 0.441 e. The van der Waals surface area contributed by atoms with Crippen molar-refractivity contribution >= 4 is 11.7 Å². The molecular formula is C18H25N3O2. The van der Waals surface area contributed by atoms with E-state index in [4.69, 9.17) is 4.42 Å². The van der Waals surface area contributed by atoms with Gasteiger partial charge in [0.15, 0.2) is 0 Å². The quantitative estimate of drug-likeness (QED) is 0.845. The standard InChI is InChI=1S/C18H25N3O2/c1-11(2)13(5)20-18(22)21-15-8-6-14(7-9-15)17-19-10-16(23-17)12(3)4/h6-13H,1-5H3,(H2,20,21,22). The van der Waals surface area contributed by atoms with Crippen LogP contribution in [0.2, 0.25) is 0 Å². The minimum Gasteiger partial charge on any atom is -0.441 e. The van der Waals surface area contributed by atoms with E-state index in [1.54, 1.807) is 6.20 Å². The summed E-state index contributed by atoms with van der Waals surface area (Å²) in [7, 11) is 0. The van der Waals surface area contributed by atoms with Gasteiger partial charge in [-0.2, -0.15) is 0 Å². The number of urea groups is 1. The average molecular weight is 315 g/mol. The monoisotopic (exact) mass is 315 g/mol. The van der Waals surface area contributed by atoms with Gasteiger partial charge < -0.3 is 15.1 Å². The van der Waals surface area contributed by atoms with Crippen molar-refractivity contribution < 1.29 is 9.21 Å². The van der Waals surface area contributed by atoms with E-state index in [0.717, 1.165) is 17.0 Å². The van der Waals surface area contributed by atoms with Gasteiger partial charge in [-0.15, -0.1) is 0 Å². The minimum absolute atomic E-state index is 0.121. The molecule has 1 heterocycles. The topological polar surface area (TPSA) is 67.2 Å². The predicted octanol–water partition coefficient (Wildman–Crippen LogP) is 4.63. The van der Waals surface area contributed by atoms with Gasteiger partial charge in [-0.1, -0.05) is 27.7 Å². The van der Waals surface area contributed by atoms with Crippen LogP contribution < -0.4 is 10.6 Å². The maximum atomic E-state index is 11.9. The maximum Gasteiger partial charge on any atom is 0.319 e. The van der Waals surface area contributed by atoms with Gasteiger partial charge in [0.2, 0.25) is 5.89 Å². The van der Waals surface area contributed by atoms with Gasteiger partial charge in [0.25, 0.3) is 0 Å². The molecule has 2 N–H and O–H groups in total. The zero-order valence-electron chi connectivity index (χ0n) is 14.4. The molecule has 0 saturated carbocycles. The van der Waals surface area contributed by atoms with Crippen LogP contribution in [0.25, 0.3) is 11.5 Å². The maximum absolute atomic E-state index is 11.9. The lowest BCUT2D eigenvalue weighted by atomic mass is 10.1. The van der Waals surface area contributed by atoms with E-state index in [1.807, 2.05) is 31.2 Å². The third-order valence-electron chi connectivity index (χ3n) is 3.84. The number of hydrogen-bond acceptors (Lipinski definition) is 3. The normalized spacial score (nSPS) is 12.5. The summed E-state index contributed by atoms with van der Waals surface area (Å²) < 4.78 is 5.72. The van der Waals surface area contributed by atoms with Crippen molar-refractivity contribution in [1.82, 2.24) is 10.3 Å². The summed E-state index contributed by atoms with van der Waals surface area (Å²) >= 11 is 0. The van der Waals surface area contributed by atoms with Crippen LogP contribution in [0.4, 0.5) is 10.5 Å². The van der Waals surface area contributed by atoms with Gasteiger partial charge in [-0.05, 0) is 37.1 Å². The number of anilines is 1. The molecule has 0 bridgehead atoms. The second-order valence-corrected chi connectivity index (χ2v) is 6.43. The van der Waals surface area contributed by atoms with Crippen LogP contribution in [0.5, 0.6) is 0 Å². The highest BCUT2D eigenvalue weighted by Crippen LogP contribution is 2.24. The molecule has 0 aliphatic carbocycles. The summed E-state index contributed by atoms with van der Waals surface area (Å²) in [6.07, 6.45) is 1.76. The Kier molecular flexibility index (Phi) is 5.42. The summed E-state index contributed by atoms with van der Waals surface area (Å²) in [5, 5.41) is 5.74. The second kappa shape index (κ2) is 7.31. The van der Waals surface area contributed by atoms with Crippen LogP contribution in [-0.4, -0.2) is 17.1 Å². The Morgan fingerprint density at radius 1 is 1.09 bits per heavy atom. The third-order valence-corrected chi connectivity index (χ3v) is 3.84. The lowest BCUT2D eigenvalue weighted by Crippen LogP contribution is -2.38. The van der Waals surface area contributed by atoms with Gasteiger partial charge >= 0.3 is 6.03 Å². The average Bonchev–Trinajstić information content (AvgIpc) is 2.97. The van der Waals surface area contributed by atoms with E-state index >= 15 is 0 Å². The highest BCUT2D eigenvalue weighted by atomic mass is 16.4. The van der Waals surface area contributed by atoms with Gasteiger partial charge in [0, 0.05) is 23.2 Å². The molecule has 5 nitrogen and oxygen atoms in total. The van der Waals surface area contributed by atoms with Crippen molar-refractivity contribution in [3.8, 4) is 11.5 Å². The first kappa shape index (κ1) is 17.1. The molecule has 0 aliphatic heterocycles. The Morgan fingerprint density at radius 3 is 2.26 bits per heavy atom. The highest BCUT2D eigenvalue weighted by Gasteiger charge is 2.12. The first-order chi connectivity index (χ1) is 10.9. The van der Waals surface area contributed by atoms with Crippen LogP contribution in [0.1, 0.15) is 46.3 Å². The third kappa shape index (κ3) is 4.58. The minimum atomic E-state index is -0.197. The molecule has 0 radical (unpaired) electrons. The summed E-state index contributed by atoms with van der Waals surface area (Å²) in [6.45, 7) is 10.3. The van der Waals surface area contributed by atoms with Gasteiger partial charge in [-0.3, -0.25) is 0 Å². The van der Waals surface area contributed by atoms with E-state index in [0.29, 0.717) is 17.7 Å². The van der Waals surface area contributed by atoms with Crippen LogP contribution in [0.3, 0.4) is 0 Å². The molecule has 0 spiro atoms. The first-order valence-corrected chi connectivity index (χ1v) is 8.00. The van der Waals surface area contributed by atoms with Crippen molar-refractivity contribution in [2.75, 3.05) is 5.32 Å². The van der Waals surface area contributed by atoms with E-state index < -0.39 is 0 Å². The molecule has 2 aromatic rings. The number of carbonyl (C=O) groups is 1. The van der Waals surface area contributed by atoms with Crippen molar-refractivity contribution in [1.29, 1.82) is 0 Å². The molecule has 1 aromatic carbocycles. The lowest BCUT2D eigenvalue weighted by Gasteiger charge is -2.17. The van der Waals surface area contributed by atoms with Crippen molar-refractivity contribution in [3.05, 3.63) is 36.2 Å². The number of carbonyl (C=O) groups excluding carboxylic acids is 1. The second-order valence-electron chi connectivity index (χ2n) is 6.43. The van der Waals surface area contributed by atoms with E-state index in [2.05, 4.69) is 43.3 Å². The van der Waals surface area contributed by atoms with Gasteiger partial charge in [-0.25, -0.2) is 9.78 Å². The Labute approximate surface area is 137 Å². The van der Waals surface area contributed by atoms with Crippen LogP contribution in [0, 0.1) is 5.92 Å². The Morgan fingerprint density at radius 2 is 1.74 bits per heavy atom. The smallest absolute Gasteiger partial charge is 0.319 e. The van der Waals surface area contributed by atoms with Crippen LogP contribution in [0.15, 0.2) is 34.9 Å². The summed E-state index contributed by atoms with van der Waals surface area (Å²) in [4.78, 5) is 16.2.